The average molecular weight is 145 g/mol. The van der Waals surface area contributed by atoms with E-state index in [-0.39, 0.29) is 0 Å². The van der Waals surface area contributed by atoms with Gasteiger partial charge in [-0.1, -0.05) is 0 Å². The van der Waals surface area contributed by atoms with E-state index in [0.717, 1.165) is 19.4 Å². The zero-order chi connectivity index (χ0) is 7.23. The third-order valence-corrected chi connectivity index (χ3v) is 1.96. The van der Waals surface area contributed by atoms with Crippen LogP contribution in [-0.2, 0) is 4.37 Å². The lowest BCUT2D eigenvalue weighted by atomic mass is 10.3. The molecule has 0 spiro atoms. The molecule has 1 fully saturated rings. The van der Waals surface area contributed by atoms with Crippen molar-refractivity contribution in [2.45, 2.75) is 25.7 Å². The van der Waals surface area contributed by atoms with E-state index in [2.05, 4.69) is 4.37 Å². The van der Waals surface area contributed by atoms with Gasteiger partial charge in [-0.05, 0) is 6.42 Å². The van der Waals surface area contributed by atoms with E-state index in [1.165, 1.54) is 26.1 Å². The highest BCUT2D eigenvalue weighted by atomic mass is 16.7. The minimum atomic E-state index is 0.342. The molecule has 1 N–H and O–H groups in total. The largest absolute Gasteiger partial charge is 0.422 e. The Labute approximate surface area is 62.5 Å². The van der Waals surface area contributed by atoms with Crippen molar-refractivity contribution in [3.05, 3.63) is 0 Å². The number of aliphatic hydroxyl groups excluding tert-OH is 1. The van der Waals surface area contributed by atoms with Gasteiger partial charge in [0.15, 0.2) is 0 Å². The first-order chi connectivity index (χ1) is 4.93. The van der Waals surface area contributed by atoms with Crippen molar-refractivity contribution in [2.24, 2.45) is 0 Å². The zero-order valence-corrected chi connectivity index (χ0v) is 6.51. The fraction of sp³-hybridized carbons (Fsp3) is 1.00. The van der Waals surface area contributed by atoms with Crippen molar-refractivity contribution in [1.29, 1.82) is 0 Å². The lowest BCUT2D eigenvalue weighted by Crippen LogP contribution is -2.11. The SMILES string of the molecule is OCCCC[O+]1CCCC1. The molecule has 60 valence electrons. The van der Waals surface area contributed by atoms with Gasteiger partial charge in [-0.15, -0.1) is 0 Å². The molecule has 0 aromatic heterocycles. The topological polar surface area (TPSA) is 22.9 Å². The van der Waals surface area contributed by atoms with Crippen LogP contribution in [0.2, 0.25) is 0 Å². The molecule has 1 aliphatic heterocycles. The van der Waals surface area contributed by atoms with Crippen LogP contribution in [0.15, 0.2) is 0 Å². The summed E-state index contributed by atoms with van der Waals surface area (Å²) in [5.41, 5.74) is 0. The van der Waals surface area contributed by atoms with Gasteiger partial charge in [0, 0.05) is 25.9 Å². The molecule has 1 aliphatic rings. The maximum Gasteiger partial charge on any atom is 0.146 e. The molecule has 0 aromatic carbocycles. The molecule has 2 nitrogen and oxygen atoms in total. The smallest absolute Gasteiger partial charge is 0.146 e. The van der Waals surface area contributed by atoms with E-state index in [0.29, 0.717) is 6.61 Å². The van der Waals surface area contributed by atoms with Crippen LogP contribution in [-0.4, -0.2) is 31.5 Å². The van der Waals surface area contributed by atoms with Crippen molar-refractivity contribution < 1.29 is 9.47 Å². The maximum atomic E-state index is 8.51. The Morgan fingerprint density at radius 1 is 1.10 bits per heavy atom. The van der Waals surface area contributed by atoms with Crippen LogP contribution < -0.4 is 0 Å². The molecule has 0 aromatic rings. The molecule has 1 rings (SSSR count). The van der Waals surface area contributed by atoms with E-state index in [1.807, 2.05) is 0 Å². The van der Waals surface area contributed by atoms with Gasteiger partial charge in [0.1, 0.15) is 19.8 Å². The van der Waals surface area contributed by atoms with E-state index in [4.69, 9.17) is 5.11 Å². The first-order valence-electron chi connectivity index (χ1n) is 4.18. The minimum Gasteiger partial charge on any atom is -0.422 e. The molecule has 0 amide bonds. The Hall–Kier alpha value is -0.0800. The number of hydrogen-bond acceptors (Lipinski definition) is 1. The van der Waals surface area contributed by atoms with Gasteiger partial charge in [-0.25, -0.2) is 0 Å². The quantitative estimate of drug-likeness (QED) is 0.464. The van der Waals surface area contributed by atoms with Gasteiger partial charge in [0.25, 0.3) is 0 Å². The highest BCUT2D eigenvalue weighted by Crippen LogP contribution is 2.12. The van der Waals surface area contributed by atoms with Crippen molar-refractivity contribution >= 4 is 0 Å². The summed E-state index contributed by atoms with van der Waals surface area (Å²) in [4.78, 5) is 0. The van der Waals surface area contributed by atoms with E-state index < -0.39 is 0 Å². The summed E-state index contributed by atoms with van der Waals surface area (Å²) in [6.07, 6.45) is 4.75. The summed E-state index contributed by atoms with van der Waals surface area (Å²) in [6, 6.07) is 0. The van der Waals surface area contributed by atoms with Crippen LogP contribution in [0.3, 0.4) is 0 Å². The molecule has 2 heteroatoms. The van der Waals surface area contributed by atoms with Crippen LogP contribution in [0.5, 0.6) is 0 Å². The van der Waals surface area contributed by atoms with Gasteiger partial charge in [-0.3, -0.25) is 0 Å². The molecule has 0 radical (unpaired) electrons. The van der Waals surface area contributed by atoms with Crippen LogP contribution in [0.1, 0.15) is 25.7 Å². The average Bonchev–Trinajstić information content (AvgIpc) is 2.41. The molecule has 1 saturated heterocycles. The summed E-state index contributed by atoms with van der Waals surface area (Å²) >= 11 is 0. The van der Waals surface area contributed by atoms with Crippen LogP contribution in [0, 0.1) is 0 Å². The Morgan fingerprint density at radius 2 is 1.80 bits per heavy atom. The van der Waals surface area contributed by atoms with Crippen LogP contribution in [0.25, 0.3) is 0 Å². The summed E-state index contributed by atoms with van der Waals surface area (Å²) < 4.78 is 3.22. The molecule has 0 bridgehead atoms. The van der Waals surface area contributed by atoms with E-state index in [9.17, 15) is 0 Å². The molecule has 0 saturated carbocycles. The van der Waals surface area contributed by atoms with Crippen LogP contribution in [0.4, 0.5) is 0 Å². The number of aliphatic hydroxyl groups is 1. The molecule has 10 heavy (non-hydrogen) atoms. The lowest BCUT2D eigenvalue weighted by molar-refractivity contribution is -0.107. The highest BCUT2D eigenvalue weighted by molar-refractivity contribution is 4.54. The normalized spacial score (nSPS) is 20.1. The predicted octanol–water partition coefficient (Wildman–Crippen LogP) is 1.10. The second-order valence-corrected chi connectivity index (χ2v) is 2.86. The van der Waals surface area contributed by atoms with Crippen molar-refractivity contribution in [3.8, 4) is 0 Å². The molecule has 1 heterocycles. The summed E-state index contributed by atoms with van der Waals surface area (Å²) in [5, 5.41) is 8.51. The maximum absolute atomic E-state index is 8.51. The molecular formula is C8H17O2+. The third kappa shape index (κ3) is 2.67. The van der Waals surface area contributed by atoms with Crippen molar-refractivity contribution in [3.63, 3.8) is 0 Å². The number of hydrogen-bond donors (Lipinski definition) is 1. The van der Waals surface area contributed by atoms with E-state index in [1.54, 1.807) is 0 Å². The van der Waals surface area contributed by atoms with Gasteiger partial charge in [-0.2, -0.15) is 0 Å². The number of unbranched alkanes of at least 4 members (excludes halogenated alkanes) is 1. The van der Waals surface area contributed by atoms with Crippen molar-refractivity contribution in [2.75, 3.05) is 26.4 Å². The monoisotopic (exact) mass is 145 g/mol. The molecular weight excluding hydrogens is 128 g/mol. The van der Waals surface area contributed by atoms with Gasteiger partial charge >= 0.3 is 0 Å². The third-order valence-electron chi connectivity index (χ3n) is 1.96. The van der Waals surface area contributed by atoms with Crippen molar-refractivity contribution in [1.82, 2.24) is 0 Å². The molecule has 0 unspecified atom stereocenters. The number of rotatable bonds is 4. The fourth-order valence-corrected chi connectivity index (χ4v) is 1.34. The van der Waals surface area contributed by atoms with Gasteiger partial charge in [0.05, 0.1) is 0 Å². The summed E-state index contributed by atoms with van der Waals surface area (Å²) in [7, 11) is 0. The van der Waals surface area contributed by atoms with Gasteiger partial charge in [0.2, 0.25) is 0 Å². The fourth-order valence-electron chi connectivity index (χ4n) is 1.34. The first kappa shape index (κ1) is 8.02. The second kappa shape index (κ2) is 4.69. The molecule has 0 atom stereocenters. The second-order valence-electron chi connectivity index (χ2n) is 2.86. The lowest BCUT2D eigenvalue weighted by Gasteiger charge is -2.10. The van der Waals surface area contributed by atoms with Crippen LogP contribution >= 0.6 is 0 Å². The summed E-state index contributed by atoms with van der Waals surface area (Å²) in [5.74, 6) is 0. The summed E-state index contributed by atoms with van der Waals surface area (Å²) in [6.45, 7) is 3.85. The zero-order valence-electron chi connectivity index (χ0n) is 6.51. The van der Waals surface area contributed by atoms with Gasteiger partial charge < -0.3 is 9.47 Å². The predicted molar refractivity (Wildman–Crippen MR) is 41.2 cm³/mol. The first-order valence-corrected chi connectivity index (χ1v) is 4.18. The minimum absolute atomic E-state index is 0.342. The van der Waals surface area contributed by atoms with E-state index >= 15 is 0 Å². The Bertz CT molecular complexity index is 77.3. The highest BCUT2D eigenvalue weighted by Gasteiger charge is 2.15. The molecule has 0 aliphatic carbocycles. The standard InChI is InChI=1S/C8H17O2/c9-5-1-2-6-10-7-3-4-8-10/h9H,1-8H2/q+1. The Morgan fingerprint density at radius 3 is 2.40 bits per heavy atom. The Kier molecular flexibility index (Phi) is 3.76. The Balaban J connectivity index is 1.91.